The number of benzene rings is 2. The number of amides is 2. The van der Waals surface area contributed by atoms with E-state index >= 15 is 0 Å². The van der Waals surface area contributed by atoms with Crippen LogP contribution in [0.3, 0.4) is 0 Å². The number of nitrogens with zero attached hydrogens (tertiary/aromatic N) is 2. The molecule has 0 aliphatic rings. The second-order valence-corrected chi connectivity index (χ2v) is 7.84. The third kappa shape index (κ3) is 6.65. The van der Waals surface area contributed by atoms with Crippen molar-refractivity contribution in [1.29, 1.82) is 0 Å². The molecule has 0 aliphatic carbocycles. The molecule has 31 heavy (non-hydrogen) atoms. The molecule has 1 heterocycles. The lowest BCUT2D eigenvalue weighted by molar-refractivity contribution is -0.121. The van der Waals surface area contributed by atoms with Crippen LogP contribution in [0.1, 0.15) is 48.0 Å². The van der Waals surface area contributed by atoms with Gasteiger partial charge < -0.3 is 15.2 Å². The van der Waals surface area contributed by atoms with E-state index in [4.69, 9.17) is 16.1 Å². The molecule has 2 aromatic carbocycles. The van der Waals surface area contributed by atoms with Gasteiger partial charge in [-0.1, -0.05) is 54.9 Å². The first kappa shape index (κ1) is 22.5. The van der Waals surface area contributed by atoms with Gasteiger partial charge in [-0.15, -0.1) is 0 Å². The Labute approximate surface area is 186 Å². The van der Waals surface area contributed by atoms with Crippen LogP contribution in [0.15, 0.2) is 53.1 Å². The fourth-order valence-electron chi connectivity index (χ4n) is 2.88. The fourth-order valence-corrected chi connectivity index (χ4v) is 3.01. The van der Waals surface area contributed by atoms with Gasteiger partial charge in [-0.25, -0.2) is 0 Å². The first-order chi connectivity index (χ1) is 14.9. The Kier molecular flexibility index (Phi) is 7.78. The number of halogens is 1. The largest absolute Gasteiger partial charge is 0.354 e. The van der Waals surface area contributed by atoms with Gasteiger partial charge in [-0.2, -0.15) is 4.98 Å². The maximum absolute atomic E-state index is 12.0. The van der Waals surface area contributed by atoms with E-state index in [1.807, 2.05) is 12.1 Å². The van der Waals surface area contributed by atoms with Gasteiger partial charge >= 0.3 is 0 Å². The van der Waals surface area contributed by atoms with Crippen LogP contribution in [0, 0.1) is 0 Å². The average molecular weight is 441 g/mol. The maximum Gasteiger partial charge on any atom is 0.251 e. The Balaban J connectivity index is 1.38. The summed E-state index contributed by atoms with van der Waals surface area (Å²) in [6.07, 6.45) is 0.569. The van der Waals surface area contributed by atoms with Gasteiger partial charge in [-0.3, -0.25) is 9.59 Å². The molecule has 0 atom stereocenters. The Bertz CT molecular complexity index is 1010. The minimum absolute atomic E-state index is 0.151. The Morgan fingerprint density at radius 1 is 1.00 bits per heavy atom. The third-order valence-corrected chi connectivity index (χ3v) is 4.96. The van der Waals surface area contributed by atoms with Gasteiger partial charge in [0.1, 0.15) is 0 Å². The standard InChI is InChI=1S/C23H25ClN4O3/c1-15(2)16-3-5-17(6-4-16)22-27-21(31-28-22)12-11-20(29)25-13-14-26-23(30)18-7-9-19(24)10-8-18/h3-10,15H,11-14H2,1-2H3,(H,25,29)(H,26,30). The molecule has 162 valence electrons. The average Bonchev–Trinajstić information content (AvgIpc) is 3.25. The van der Waals surface area contributed by atoms with Crippen molar-refractivity contribution < 1.29 is 14.1 Å². The van der Waals surface area contributed by atoms with Crippen LogP contribution in [-0.4, -0.2) is 35.0 Å². The van der Waals surface area contributed by atoms with Crippen LogP contribution in [0.25, 0.3) is 11.4 Å². The summed E-state index contributed by atoms with van der Waals surface area (Å²) >= 11 is 5.81. The van der Waals surface area contributed by atoms with Gasteiger partial charge in [-0.05, 0) is 35.7 Å². The molecule has 3 rings (SSSR count). The number of carbonyl (C=O) groups is 2. The summed E-state index contributed by atoms with van der Waals surface area (Å²) in [4.78, 5) is 28.4. The Morgan fingerprint density at radius 2 is 1.68 bits per heavy atom. The number of aryl methyl sites for hydroxylation is 1. The second-order valence-electron chi connectivity index (χ2n) is 7.40. The van der Waals surface area contributed by atoms with Crippen molar-refractivity contribution in [2.45, 2.75) is 32.6 Å². The number of hydrogen-bond donors (Lipinski definition) is 2. The topological polar surface area (TPSA) is 97.1 Å². The molecular weight excluding hydrogens is 416 g/mol. The van der Waals surface area contributed by atoms with Crippen molar-refractivity contribution in [3.05, 3.63) is 70.6 Å². The van der Waals surface area contributed by atoms with E-state index in [-0.39, 0.29) is 18.2 Å². The molecule has 0 saturated carbocycles. The molecule has 8 heteroatoms. The number of hydrogen-bond acceptors (Lipinski definition) is 5. The summed E-state index contributed by atoms with van der Waals surface area (Å²) in [5.41, 5.74) is 2.63. The highest BCUT2D eigenvalue weighted by Gasteiger charge is 2.11. The molecule has 2 N–H and O–H groups in total. The SMILES string of the molecule is CC(C)c1ccc(-c2noc(CCC(=O)NCCNC(=O)c3ccc(Cl)cc3)n2)cc1. The van der Waals surface area contributed by atoms with Crippen LogP contribution in [0.2, 0.25) is 5.02 Å². The lowest BCUT2D eigenvalue weighted by Crippen LogP contribution is -2.34. The van der Waals surface area contributed by atoms with Gasteiger partial charge in [0.05, 0.1) is 0 Å². The van der Waals surface area contributed by atoms with E-state index < -0.39 is 0 Å². The molecule has 0 saturated heterocycles. The molecule has 2 amide bonds. The number of rotatable bonds is 9. The Hall–Kier alpha value is -3.19. The maximum atomic E-state index is 12.0. The number of aromatic nitrogens is 2. The molecule has 1 aromatic heterocycles. The molecule has 0 radical (unpaired) electrons. The minimum Gasteiger partial charge on any atom is -0.354 e. The zero-order valence-electron chi connectivity index (χ0n) is 17.5. The minimum atomic E-state index is -0.217. The lowest BCUT2D eigenvalue weighted by Gasteiger charge is -2.07. The number of carbonyl (C=O) groups excluding carboxylic acids is 2. The fraction of sp³-hybridized carbons (Fsp3) is 0.304. The molecule has 3 aromatic rings. The van der Waals surface area contributed by atoms with Gasteiger partial charge in [0.25, 0.3) is 5.91 Å². The van der Waals surface area contributed by atoms with Crippen molar-refractivity contribution in [1.82, 2.24) is 20.8 Å². The molecule has 0 aliphatic heterocycles. The summed E-state index contributed by atoms with van der Waals surface area (Å²) in [6, 6.07) is 14.6. The van der Waals surface area contributed by atoms with E-state index in [0.717, 1.165) is 5.56 Å². The highest BCUT2D eigenvalue weighted by Crippen LogP contribution is 2.20. The quantitative estimate of drug-likeness (QED) is 0.490. The van der Waals surface area contributed by atoms with Gasteiger partial charge in [0.2, 0.25) is 17.6 Å². The first-order valence-corrected chi connectivity index (χ1v) is 10.5. The van der Waals surface area contributed by atoms with Crippen LogP contribution >= 0.6 is 11.6 Å². The first-order valence-electron chi connectivity index (χ1n) is 10.2. The van der Waals surface area contributed by atoms with Crippen molar-refractivity contribution in [3.63, 3.8) is 0 Å². The van der Waals surface area contributed by atoms with Gasteiger partial charge in [0, 0.05) is 42.1 Å². The molecule has 0 bridgehead atoms. The summed E-state index contributed by atoms with van der Waals surface area (Å²) in [7, 11) is 0. The zero-order valence-corrected chi connectivity index (χ0v) is 18.3. The summed E-state index contributed by atoms with van der Waals surface area (Å²) < 4.78 is 5.25. The van der Waals surface area contributed by atoms with E-state index in [9.17, 15) is 9.59 Å². The zero-order chi connectivity index (χ0) is 22.2. The molecule has 0 unspecified atom stereocenters. The highest BCUT2D eigenvalue weighted by molar-refractivity contribution is 6.30. The van der Waals surface area contributed by atoms with E-state index in [1.54, 1.807) is 24.3 Å². The molecular formula is C23H25ClN4O3. The molecule has 0 fully saturated rings. The van der Waals surface area contributed by atoms with Crippen LogP contribution in [-0.2, 0) is 11.2 Å². The summed E-state index contributed by atoms with van der Waals surface area (Å²) in [5, 5.41) is 10.1. The smallest absolute Gasteiger partial charge is 0.251 e. The predicted octanol–water partition coefficient (Wildman–Crippen LogP) is 3.99. The van der Waals surface area contributed by atoms with Crippen LogP contribution in [0.5, 0.6) is 0 Å². The third-order valence-electron chi connectivity index (χ3n) is 4.71. The van der Waals surface area contributed by atoms with Crippen molar-refractivity contribution in [2.75, 3.05) is 13.1 Å². The van der Waals surface area contributed by atoms with Crippen molar-refractivity contribution >= 4 is 23.4 Å². The van der Waals surface area contributed by atoms with E-state index in [2.05, 4.69) is 46.8 Å². The van der Waals surface area contributed by atoms with Crippen molar-refractivity contribution in [2.24, 2.45) is 0 Å². The lowest BCUT2D eigenvalue weighted by atomic mass is 10.0. The monoisotopic (exact) mass is 440 g/mol. The normalized spacial score (nSPS) is 10.8. The van der Waals surface area contributed by atoms with E-state index in [1.165, 1.54) is 5.56 Å². The summed E-state index contributed by atoms with van der Waals surface area (Å²) in [5.74, 6) is 1.01. The Morgan fingerprint density at radius 3 is 2.35 bits per heavy atom. The molecule has 0 spiro atoms. The highest BCUT2D eigenvalue weighted by atomic mass is 35.5. The van der Waals surface area contributed by atoms with Crippen LogP contribution in [0.4, 0.5) is 0 Å². The van der Waals surface area contributed by atoms with Crippen LogP contribution < -0.4 is 10.6 Å². The van der Waals surface area contributed by atoms with Crippen molar-refractivity contribution in [3.8, 4) is 11.4 Å². The molecule has 7 nitrogen and oxygen atoms in total. The van der Waals surface area contributed by atoms with Gasteiger partial charge in [0.15, 0.2) is 0 Å². The predicted molar refractivity (Wildman–Crippen MR) is 119 cm³/mol. The van der Waals surface area contributed by atoms with E-state index in [0.29, 0.717) is 47.7 Å². The number of nitrogens with one attached hydrogen (secondary N) is 2. The second kappa shape index (κ2) is 10.7. The summed E-state index contributed by atoms with van der Waals surface area (Å²) in [6.45, 7) is 4.93.